The van der Waals surface area contributed by atoms with Crippen molar-refractivity contribution in [3.63, 3.8) is 0 Å². The van der Waals surface area contributed by atoms with Crippen molar-refractivity contribution in [1.82, 2.24) is 14.9 Å². The van der Waals surface area contributed by atoms with Gasteiger partial charge in [0.1, 0.15) is 17.3 Å². The summed E-state index contributed by atoms with van der Waals surface area (Å²) >= 11 is 0. The first kappa shape index (κ1) is 23.7. The Labute approximate surface area is 207 Å². The normalized spacial score (nSPS) is 16.9. The molecule has 0 radical (unpaired) electrons. The summed E-state index contributed by atoms with van der Waals surface area (Å²) in [5.41, 5.74) is 1.48. The van der Waals surface area contributed by atoms with Crippen LogP contribution in [0.25, 0.3) is 0 Å². The maximum atomic E-state index is 13.4. The van der Waals surface area contributed by atoms with E-state index >= 15 is 0 Å². The number of alkyl halides is 2. The molecule has 2 aliphatic rings. The number of carbonyl (C=O) groups excluding carboxylic acids is 1. The summed E-state index contributed by atoms with van der Waals surface area (Å²) in [4.78, 5) is 24.8. The predicted octanol–water partition coefficient (Wildman–Crippen LogP) is 5.06. The van der Waals surface area contributed by atoms with Crippen molar-refractivity contribution in [2.24, 2.45) is 0 Å². The molecule has 0 atom stereocenters. The van der Waals surface area contributed by atoms with Gasteiger partial charge in [-0.25, -0.2) is 18.7 Å². The number of carbonyl (C=O) groups is 1. The molecule has 8 nitrogen and oxygen atoms in total. The number of anilines is 2. The lowest BCUT2D eigenvalue weighted by atomic mass is 10.1. The number of halogens is 2. The van der Waals surface area contributed by atoms with E-state index in [-0.39, 0.29) is 44.5 Å². The van der Waals surface area contributed by atoms with Crippen molar-refractivity contribution >= 4 is 23.4 Å². The molecule has 3 heterocycles. The fourth-order valence-corrected chi connectivity index (χ4v) is 4.16. The zero-order valence-electron chi connectivity index (χ0n) is 19.5. The number of hydrogen-bond donors (Lipinski definition) is 1. The number of amides is 1. The van der Waals surface area contributed by atoms with Gasteiger partial charge in [-0.05, 0) is 42.8 Å². The number of aromatic nitrogens is 2. The van der Waals surface area contributed by atoms with Crippen molar-refractivity contribution in [1.29, 1.82) is 5.41 Å². The smallest absolute Gasteiger partial charge is 0.284 e. The summed E-state index contributed by atoms with van der Waals surface area (Å²) in [5, 5.41) is 8.08. The molecule has 36 heavy (non-hydrogen) atoms. The van der Waals surface area contributed by atoms with E-state index in [9.17, 15) is 13.6 Å². The molecule has 0 bridgehead atoms. The molecule has 0 saturated carbocycles. The van der Waals surface area contributed by atoms with Crippen LogP contribution in [-0.4, -0.2) is 45.8 Å². The molecule has 1 amide bonds. The number of piperidine rings is 1. The number of benzene rings is 2. The Morgan fingerprint density at radius 3 is 2.42 bits per heavy atom. The number of nitrogens with one attached hydrogen (secondary N) is 1. The largest absolute Gasteiger partial charge is 0.457 e. The Hall–Kier alpha value is -4.08. The van der Waals surface area contributed by atoms with Gasteiger partial charge in [0.15, 0.2) is 12.4 Å². The lowest BCUT2D eigenvalue weighted by Crippen LogP contribution is -2.43. The highest BCUT2D eigenvalue weighted by atomic mass is 19.3. The number of ether oxygens (including phenoxy) is 2. The zero-order chi connectivity index (χ0) is 25.1. The second kappa shape index (κ2) is 9.88. The average Bonchev–Trinajstić information content (AvgIpc) is 2.88. The highest BCUT2D eigenvalue weighted by molar-refractivity contribution is 6.02. The second-order valence-corrected chi connectivity index (χ2v) is 8.71. The molecule has 1 aromatic heterocycles. The molecular weight excluding hydrogens is 468 g/mol. The number of hydrogen-bond acceptors (Lipinski definition) is 6. The van der Waals surface area contributed by atoms with Gasteiger partial charge in [-0.3, -0.25) is 15.1 Å². The summed E-state index contributed by atoms with van der Waals surface area (Å²) in [7, 11) is 0. The fraction of sp³-hybridized carbons (Fsp3) is 0.308. The SMILES string of the molecule is N=C(OCc1ncc2c(n1)N(c1ccc(Oc3ccccc3)cc1)C(=O)CC2)N1CCC(F)(F)CC1. The number of likely N-dealkylation sites (tertiary alicyclic amines) is 1. The standard InChI is InChI=1S/C26H25F2N5O3/c27-26(28)12-14-32(15-13-26)25(29)35-17-22-30-16-18-6-11-23(34)33(24(18)31-22)19-7-9-21(10-8-19)36-20-4-2-1-3-5-20/h1-5,7-10,16,29H,6,11-15,17H2. The molecule has 2 aliphatic heterocycles. The van der Waals surface area contributed by atoms with Crippen molar-refractivity contribution in [2.45, 2.75) is 38.2 Å². The minimum Gasteiger partial charge on any atom is -0.457 e. The van der Waals surface area contributed by atoms with E-state index in [0.29, 0.717) is 41.7 Å². The summed E-state index contributed by atoms with van der Waals surface area (Å²) in [6.45, 7) is 0.0111. The van der Waals surface area contributed by atoms with Crippen LogP contribution < -0.4 is 9.64 Å². The van der Waals surface area contributed by atoms with E-state index in [1.54, 1.807) is 35.4 Å². The van der Waals surface area contributed by atoms with E-state index < -0.39 is 5.92 Å². The summed E-state index contributed by atoms with van der Waals surface area (Å²) in [5.74, 6) is -0.663. The van der Waals surface area contributed by atoms with Crippen LogP contribution in [0.15, 0.2) is 60.8 Å². The maximum absolute atomic E-state index is 13.4. The zero-order valence-corrected chi connectivity index (χ0v) is 19.5. The van der Waals surface area contributed by atoms with E-state index in [2.05, 4.69) is 9.97 Å². The highest BCUT2D eigenvalue weighted by Gasteiger charge is 2.35. The van der Waals surface area contributed by atoms with Crippen LogP contribution in [0.3, 0.4) is 0 Å². The predicted molar refractivity (Wildman–Crippen MR) is 129 cm³/mol. The topological polar surface area (TPSA) is 91.6 Å². The van der Waals surface area contributed by atoms with Crippen molar-refractivity contribution in [3.05, 3.63) is 72.2 Å². The van der Waals surface area contributed by atoms with Gasteiger partial charge in [-0.1, -0.05) is 18.2 Å². The van der Waals surface area contributed by atoms with Crippen LogP contribution in [0.4, 0.5) is 20.3 Å². The molecule has 3 aromatic rings. The van der Waals surface area contributed by atoms with Gasteiger partial charge in [0, 0.05) is 44.1 Å². The van der Waals surface area contributed by atoms with Gasteiger partial charge in [0.25, 0.3) is 11.9 Å². The van der Waals surface area contributed by atoms with Gasteiger partial charge >= 0.3 is 0 Å². The molecule has 1 saturated heterocycles. The molecule has 1 fully saturated rings. The molecule has 10 heteroatoms. The van der Waals surface area contributed by atoms with Crippen molar-refractivity contribution in [2.75, 3.05) is 18.0 Å². The minimum atomic E-state index is -2.69. The van der Waals surface area contributed by atoms with Gasteiger partial charge < -0.3 is 14.4 Å². The third-order valence-corrected chi connectivity index (χ3v) is 6.15. The monoisotopic (exact) mass is 493 g/mol. The number of rotatable bonds is 5. The highest BCUT2D eigenvalue weighted by Crippen LogP contribution is 2.34. The molecule has 0 spiro atoms. The average molecular weight is 494 g/mol. The van der Waals surface area contributed by atoms with Crippen LogP contribution in [-0.2, 0) is 22.6 Å². The minimum absolute atomic E-state index is 0.0587. The number of nitrogens with zero attached hydrogens (tertiary/aromatic N) is 4. The molecule has 5 rings (SSSR count). The second-order valence-electron chi connectivity index (χ2n) is 8.71. The van der Waals surface area contributed by atoms with E-state index in [1.807, 2.05) is 30.3 Å². The van der Waals surface area contributed by atoms with Crippen molar-refractivity contribution < 1.29 is 23.0 Å². The van der Waals surface area contributed by atoms with Gasteiger partial charge in [0.05, 0.1) is 5.69 Å². The fourth-order valence-electron chi connectivity index (χ4n) is 4.16. The Kier molecular flexibility index (Phi) is 6.49. The first-order valence-electron chi connectivity index (χ1n) is 11.7. The Morgan fingerprint density at radius 1 is 1.00 bits per heavy atom. The Morgan fingerprint density at radius 2 is 1.69 bits per heavy atom. The van der Waals surface area contributed by atoms with Gasteiger partial charge in [-0.15, -0.1) is 0 Å². The number of fused-ring (bicyclic) bond motifs is 1. The number of amidine groups is 1. The third kappa shape index (κ3) is 5.27. The van der Waals surface area contributed by atoms with Crippen LogP contribution in [0.2, 0.25) is 0 Å². The molecule has 1 N–H and O–H groups in total. The molecule has 186 valence electrons. The van der Waals surface area contributed by atoms with E-state index in [0.717, 1.165) is 5.56 Å². The lowest BCUT2D eigenvalue weighted by molar-refractivity contribution is -0.118. The van der Waals surface area contributed by atoms with Crippen LogP contribution in [0.1, 0.15) is 30.7 Å². The van der Waals surface area contributed by atoms with Gasteiger partial charge in [-0.2, -0.15) is 0 Å². The number of para-hydroxylation sites is 1. The summed E-state index contributed by atoms with van der Waals surface area (Å²) in [6.07, 6.45) is 1.91. The van der Waals surface area contributed by atoms with Crippen LogP contribution >= 0.6 is 0 Å². The molecule has 0 unspecified atom stereocenters. The lowest BCUT2D eigenvalue weighted by Gasteiger charge is -2.32. The van der Waals surface area contributed by atoms with Crippen LogP contribution in [0, 0.1) is 5.41 Å². The first-order valence-corrected chi connectivity index (χ1v) is 11.7. The van der Waals surface area contributed by atoms with E-state index in [4.69, 9.17) is 14.9 Å². The first-order chi connectivity index (χ1) is 17.4. The molecular formula is C26H25F2N5O3. The van der Waals surface area contributed by atoms with Crippen LogP contribution in [0.5, 0.6) is 11.5 Å². The van der Waals surface area contributed by atoms with E-state index in [1.165, 1.54) is 4.90 Å². The maximum Gasteiger partial charge on any atom is 0.284 e. The Bertz CT molecular complexity index is 1240. The Balaban J connectivity index is 1.29. The summed E-state index contributed by atoms with van der Waals surface area (Å²) < 4.78 is 38.1. The van der Waals surface area contributed by atoms with Crippen molar-refractivity contribution in [3.8, 4) is 11.5 Å². The van der Waals surface area contributed by atoms with Gasteiger partial charge in [0.2, 0.25) is 5.91 Å². The summed E-state index contributed by atoms with van der Waals surface area (Å²) in [6, 6.07) is 16.4. The third-order valence-electron chi connectivity index (χ3n) is 6.15. The molecule has 0 aliphatic carbocycles. The number of aryl methyl sites for hydroxylation is 1. The molecule has 2 aromatic carbocycles. The quantitative estimate of drug-likeness (QED) is 0.395.